The highest BCUT2D eigenvalue weighted by Crippen LogP contribution is 2.16. The number of hydrogen-bond acceptors (Lipinski definition) is 1. The van der Waals surface area contributed by atoms with E-state index in [0.717, 1.165) is 5.56 Å². The first-order valence-electron chi connectivity index (χ1n) is 4.56. The molecule has 1 aromatic heterocycles. The molecular weight excluding hydrogens is 191 g/mol. The number of rotatable bonds is 1. The van der Waals surface area contributed by atoms with Gasteiger partial charge in [-0.3, -0.25) is 0 Å². The van der Waals surface area contributed by atoms with Crippen molar-refractivity contribution in [2.24, 2.45) is 0 Å². The summed E-state index contributed by atoms with van der Waals surface area (Å²) in [5.74, 6) is -0.294. The van der Waals surface area contributed by atoms with Crippen molar-refractivity contribution in [1.82, 2.24) is 4.57 Å². The van der Waals surface area contributed by atoms with Gasteiger partial charge in [0.1, 0.15) is 11.9 Å². The first-order valence-corrected chi connectivity index (χ1v) is 4.56. The Labute approximate surface area is 87.2 Å². The number of hydrogen-bond donors (Lipinski definition) is 0. The normalized spacial score (nSPS) is 9.93. The van der Waals surface area contributed by atoms with Crippen LogP contribution in [0.25, 0.3) is 5.69 Å². The topological polar surface area (TPSA) is 28.7 Å². The number of para-hydroxylation sites is 1. The number of aromatic nitrogens is 1. The predicted octanol–water partition coefficient (Wildman–Crippen LogP) is 2.80. The van der Waals surface area contributed by atoms with E-state index in [0.29, 0.717) is 11.3 Å². The van der Waals surface area contributed by atoms with Crippen molar-refractivity contribution >= 4 is 0 Å². The minimum Gasteiger partial charge on any atom is -0.320 e. The zero-order chi connectivity index (χ0) is 10.8. The van der Waals surface area contributed by atoms with E-state index < -0.39 is 0 Å². The van der Waals surface area contributed by atoms with Crippen molar-refractivity contribution in [2.75, 3.05) is 0 Å². The minimum absolute atomic E-state index is 0.294. The van der Waals surface area contributed by atoms with Gasteiger partial charge in [0, 0.05) is 12.4 Å². The van der Waals surface area contributed by atoms with E-state index in [4.69, 9.17) is 5.26 Å². The van der Waals surface area contributed by atoms with E-state index in [1.807, 2.05) is 6.92 Å². The van der Waals surface area contributed by atoms with Crippen LogP contribution in [-0.2, 0) is 0 Å². The van der Waals surface area contributed by atoms with Gasteiger partial charge >= 0.3 is 0 Å². The quantitative estimate of drug-likeness (QED) is 0.695. The molecule has 0 saturated carbocycles. The molecule has 2 nitrogen and oxygen atoms in total. The molecular formula is C12H9FN2. The summed E-state index contributed by atoms with van der Waals surface area (Å²) in [6, 6.07) is 8.54. The molecule has 0 bridgehead atoms. The minimum atomic E-state index is -0.294. The van der Waals surface area contributed by atoms with Crippen LogP contribution >= 0.6 is 0 Å². The second-order valence-corrected chi connectivity index (χ2v) is 3.33. The Morgan fingerprint density at radius 1 is 1.27 bits per heavy atom. The first-order chi connectivity index (χ1) is 7.22. The van der Waals surface area contributed by atoms with Crippen molar-refractivity contribution in [1.29, 1.82) is 5.26 Å². The van der Waals surface area contributed by atoms with E-state index in [1.165, 1.54) is 6.07 Å². The Morgan fingerprint density at radius 3 is 2.60 bits per heavy atom. The van der Waals surface area contributed by atoms with E-state index in [-0.39, 0.29) is 5.82 Å². The van der Waals surface area contributed by atoms with Crippen LogP contribution < -0.4 is 0 Å². The van der Waals surface area contributed by atoms with E-state index in [2.05, 4.69) is 6.07 Å². The predicted molar refractivity (Wildman–Crippen MR) is 55.2 cm³/mol. The highest BCUT2D eigenvalue weighted by Gasteiger charge is 2.06. The molecule has 3 heteroatoms. The largest absolute Gasteiger partial charge is 0.320 e. The second-order valence-electron chi connectivity index (χ2n) is 3.33. The monoisotopic (exact) mass is 200 g/mol. The average Bonchev–Trinajstić information content (AvgIpc) is 2.60. The lowest BCUT2D eigenvalue weighted by Crippen LogP contribution is -1.93. The molecule has 0 saturated heterocycles. The van der Waals surface area contributed by atoms with Crippen LogP contribution in [0.15, 0.2) is 36.7 Å². The zero-order valence-electron chi connectivity index (χ0n) is 8.24. The molecule has 0 unspecified atom stereocenters. The van der Waals surface area contributed by atoms with Crippen molar-refractivity contribution in [3.63, 3.8) is 0 Å². The molecule has 0 amide bonds. The number of benzene rings is 1. The molecule has 0 spiro atoms. The summed E-state index contributed by atoms with van der Waals surface area (Å²) in [5.41, 5.74) is 1.88. The summed E-state index contributed by atoms with van der Waals surface area (Å²) < 4.78 is 15.0. The molecule has 0 N–H and O–H groups in total. The van der Waals surface area contributed by atoms with Gasteiger partial charge in [0.05, 0.1) is 11.3 Å². The highest BCUT2D eigenvalue weighted by atomic mass is 19.1. The third kappa shape index (κ3) is 1.62. The van der Waals surface area contributed by atoms with Gasteiger partial charge in [0.15, 0.2) is 0 Å². The van der Waals surface area contributed by atoms with Crippen molar-refractivity contribution < 1.29 is 4.39 Å². The second kappa shape index (κ2) is 3.58. The summed E-state index contributed by atoms with van der Waals surface area (Å²) >= 11 is 0. The molecule has 1 heterocycles. The highest BCUT2D eigenvalue weighted by molar-refractivity contribution is 5.42. The Balaban J connectivity index is 2.56. The molecule has 0 aliphatic rings. The Kier molecular flexibility index (Phi) is 2.26. The van der Waals surface area contributed by atoms with Crippen molar-refractivity contribution in [2.45, 2.75) is 6.92 Å². The van der Waals surface area contributed by atoms with Gasteiger partial charge in [-0.1, -0.05) is 12.1 Å². The maximum Gasteiger partial charge on any atom is 0.147 e. The average molecular weight is 200 g/mol. The van der Waals surface area contributed by atoms with Crippen LogP contribution in [0.1, 0.15) is 11.1 Å². The number of aryl methyl sites for hydroxylation is 1. The van der Waals surface area contributed by atoms with Crippen molar-refractivity contribution in [3.05, 3.63) is 53.6 Å². The molecule has 2 aromatic rings. The van der Waals surface area contributed by atoms with Gasteiger partial charge in [-0.25, -0.2) is 4.39 Å². The van der Waals surface area contributed by atoms with Gasteiger partial charge in [-0.05, 0) is 24.6 Å². The molecule has 74 valence electrons. The molecule has 0 aliphatic heterocycles. The fraction of sp³-hybridized carbons (Fsp3) is 0.0833. The third-order valence-corrected chi connectivity index (χ3v) is 2.28. The molecule has 15 heavy (non-hydrogen) atoms. The zero-order valence-corrected chi connectivity index (χ0v) is 8.24. The Hall–Kier alpha value is -2.08. The third-order valence-electron chi connectivity index (χ3n) is 2.28. The molecule has 1 aromatic carbocycles. The summed E-state index contributed by atoms with van der Waals surface area (Å²) in [5, 5.41) is 8.79. The lowest BCUT2D eigenvalue weighted by Gasteiger charge is -2.02. The smallest absolute Gasteiger partial charge is 0.147 e. The lowest BCUT2D eigenvalue weighted by molar-refractivity contribution is 0.618. The van der Waals surface area contributed by atoms with E-state index in [9.17, 15) is 4.39 Å². The number of nitrogens with zero attached hydrogens (tertiary/aromatic N) is 2. The maximum atomic E-state index is 13.4. The lowest BCUT2D eigenvalue weighted by atomic mass is 10.2. The van der Waals surface area contributed by atoms with E-state index in [1.54, 1.807) is 35.2 Å². The summed E-state index contributed by atoms with van der Waals surface area (Å²) in [6.45, 7) is 1.83. The number of halogens is 1. The fourth-order valence-corrected chi connectivity index (χ4v) is 1.47. The molecule has 0 radical (unpaired) electrons. The molecule has 0 fully saturated rings. The standard InChI is InChI=1S/C12H9FN2/c1-9-7-15(8-10(9)6-14)12-5-3-2-4-11(12)13/h2-5,7-8H,1H3. The number of nitriles is 1. The molecule has 0 aliphatic carbocycles. The van der Waals surface area contributed by atoms with Crippen LogP contribution in [-0.4, -0.2) is 4.57 Å². The Morgan fingerprint density at radius 2 is 2.00 bits per heavy atom. The van der Waals surface area contributed by atoms with Crippen LogP contribution in [0, 0.1) is 24.1 Å². The van der Waals surface area contributed by atoms with Gasteiger partial charge in [-0.2, -0.15) is 5.26 Å². The van der Waals surface area contributed by atoms with Crippen LogP contribution in [0.5, 0.6) is 0 Å². The fourth-order valence-electron chi connectivity index (χ4n) is 1.47. The van der Waals surface area contributed by atoms with Gasteiger partial charge < -0.3 is 4.57 Å². The molecule has 2 rings (SSSR count). The SMILES string of the molecule is Cc1cn(-c2ccccc2F)cc1C#N. The van der Waals surface area contributed by atoms with Crippen LogP contribution in [0.3, 0.4) is 0 Å². The van der Waals surface area contributed by atoms with Crippen LogP contribution in [0.2, 0.25) is 0 Å². The van der Waals surface area contributed by atoms with Gasteiger partial charge in [0.25, 0.3) is 0 Å². The summed E-state index contributed by atoms with van der Waals surface area (Å²) in [4.78, 5) is 0. The molecule has 0 atom stereocenters. The maximum absolute atomic E-state index is 13.4. The van der Waals surface area contributed by atoms with E-state index >= 15 is 0 Å². The first kappa shape index (κ1) is 9.47. The van der Waals surface area contributed by atoms with Gasteiger partial charge in [0.2, 0.25) is 0 Å². The van der Waals surface area contributed by atoms with Gasteiger partial charge in [-0.15, -0.1) is 0 Å². The summed E-state index contributed by atoms with van der Waals surface area (Å²) in [7, 11) is 0. The summed E-state index contributed by atoms with van der Waals surface area (Å²) in [6.07, 6.45) is 3.38. The van der Waals surface area contributed by atoms with Crippen molar-refractivity contribution in [3.8, 4) is 11.8 Å². The van der Waals surface area contributed by atoms with Crippen LogP contribution in [0.4, 0.5) is 4.39 Å². The Bertz CT molecular complexity index is 535.